The molecule has 0 spiro atoms. The predicted molar refractivity (Wildman–Crippen MR) is 146 cm³/mol. The molecule has 0 aromatic heterocycles. The van der Waals surface area contributed by atoms with E-state index in [-0.39, 0.29) is 15.5 Å². The highest BCUT2D eigenvalue weighted by Gasteiger charge is 2.33. The summed E-state index contributed by atoms with van der Waals surface area (Å²) < 4.78 is 32.0. The van der Waals surface area contributed by atoms with Gasteiger partial charge in [0.2, 0.25) is 9.84 Å². The number of ketones is 1. The number of carbonyl (C=O) groups is 2. The molecule has 0 fully saturated rings. The van der Waals surface area contributed by atoms with Gasteiger partial charge in [-0.3, -0.25) is 9.59 Å². The number of carbonyl (C=O) groups excluding carboxylic acids is 2. The number of aliphatic hydroxyl groups is 1. The Morgan fingerprint density at radius 2 is 1.49 bits per heavy atom. The third-order valence-corrected chi connectivity index (χ3v) is 7.82. The van der Waals surface area contributed by atoms with Crippen molar-refractivity contribution in [3.05, 3.63) is 48.5 Å². The Bertz CT molecular complexity index is 1120. The predicted octanol–water partition coefficient (Wildman–Crippen LogP) is 5.95. The van der Waals surface area contributed by atoms with E-state index >= 15 is 0 Å². The molecule has 2 aromatic rings. The summed E-state index contributed by atoms with van der Waals surface area (Å²) >= 11 is 0. The number of rotatable bonds is 15. The van der Waals surface area contributed by atoms with Gasteiger partial charge >= 0.3 is 0 Å². The Hall–Kier alpha value is -2.71. The number of unbranched alkanes of at least 4 members (excludes halogenated alkanes) is 7. The van der Waals surface area contributed by atoms with Crippen molar-refractivity contribution in [3.8, 4) is 5.75 Å². The van der Waals surface area contributed by atoms with Crippen LogP contribution in [0.2, 0.25) is 0 Å². The fourth-order valence-corrected chi connectivity index (χ4v) is 5.06. The molecule has 0 aliphatic heterocycles. The van der Waals surface area contributed by atoms with Crippen LogP contribution in [0.1, 0.15) is 79.1 Å². The van der Waals surface area contributed by atoms with Crippen LogP contribution in [-0.4, -0.2) is 37.9 Å². The second kappa shape index (κ2) is 14.3. The highest BCUT2D eigenvalue weighted by atomic mass is 32.2. The van der Waals surface area contributed by atoms with Crippen molar-refractivity contribution in [2.75, 3.05) is 11.9 Å². The topological polar surface area (TPSA) is 110 Å². The van der Waals surface area contributed by atoms with E-state index in [4.69, 9.17) is 4.74 Å². The summed E-state index contributed by atoms with van der Waals surface area (Å²) in [5.41, 5.74) is -0.733. The van der Waals surface area contributed by atoms with E-state index in [1.54, 1.807) is 32.9 Å². The Morgan fingerprint density at radius 3 is 2.08 bits per heavy atom. The number of hydrogen-bond donors (Lipinski definition) is 2. The number of benzene rings is 2. The second-order valence-corrected chi connectivity index (χ2v) is 12.3. The number of ether oxygens (including phenoxy) is 1. The summed E-state index contributed by atoms with van der Waals surface area (Å²) in [6.45, 7) is 7.61. The van der Waals surface area contributed by atoms with Gasteiger partial charge in [-0.15, -0.1) is 0 Å². The molecule has 0 radical (unpaired) electrons. The van der Waals surface area contributed by atoms with E-state index in [0.29, 0.717) is 12.4 Å². The van der Waals surface area contributed by atoms with Crippen LogP contribution >= 0.6 is 0 Å². The molecular weight excluding hydrogens is 490 g/mol. The largest absolute Gasteiger partial charge is 0.494 e. The van der Waals surface area contributed by atoms with Crippen LogP contribution in [0.4, 0.5) is 5.69 Å². The van der Waals surface area contributed by atoms with Crippen LogP contribution in [0.3, 0.4) is 0 Å². The monoisotopic (exact) mass is 531 g/mol. The molecule has 0 aliphatic rings. The lowest BCUT2D eigenvalue weighted by molar-refractivity contribution is -0.142. The van der Waals surface area contributed by atoms with Crippen LogP contribution in [0.15, 0.2) is 58.3 Å². The fraction of sp³-hybridized carbons (Fsp3) is 0.517. The van der Waals surface area contributed by atoms with E-state index in [9.17, 15) is 23.1 Å². The molecule has 37 heavy (non-hydrogen) atoms. The Labute approximate surface area is 221 Å². The van der Waals surface area contributed by atoms with Gasteiger partial charge in [0.25, 0.3) is 5.91 Å². The van der Waals surface area contributed by atoms with Crippen molar-refractivity contribution in [2.24, 2.45) is 5.41 Å². The Kier molecular flexibility index (Phi) is 11.8. The molecule has 1 amide bonds. The van der Waals surface area contributed by atoms with Crippen molar-refractivity contribution < 1.29 is 27.9 Å². The quantitative estimate of drug-likeness (QED) is 0.217. The number of sulfone groups is 1. The number of nitrogens with one attached hydrogen (secondary N) is 1. The minimum Gasteiger partial charge on any atom is -0.494 e. The SMILES string of the molecule is CCCCCCCCCCOc1ccc(S(=O)(=O)c2cccc(NC(=O)C(O)C(=O)C(C)(C)C)c2)cc1. The first kappa shape index (κ1) is 30.5. The van der Waals surface area contributed by atoms with Crippen LogP contribution in [0, 0.1) is 5.41 Å². The van der Waals surface area contributed by atoms with Crippen molar-refractivity contribution >= 4 is 27.2 Å². The maximum atomic E-state index is 13.1. The molecule has 204 valence electrons. The first-order chi connectivity index (χ1) is 17.5. The molecule has 2 N–H and O–H groups in total. The fourth-order valence-electron chi connectivity index (χ4n) is 3.76. The molecule has 1 atom stereocenters. The van der Waals surface area contributed by atoms with Crippen LogP contribution < -0.4 is 10.1 Å². The minimum atomic E-state index is -3.85. The van der Waals surface area contributed by atoms with Crippen LogP contribution in [-0.2, 0) is 19.4 Å². The van der Waals surface area contributed by atoms with Gasteiger partial charge in [-0.25, -0.2) is 8.42 Å². The molecular formula is C29H41NO6S. The zero-order valence-electron chi connectivity index (χ0n) is 22.5. The zero-order valence-corrected chi connectivity index (χ0v) is 23.3. The summed E-state index contributed by atoms with van der Waals surface area (Å²) in [4.78, 5) is 24.6. The van der Waals surface area contributed by atoms with E-state index in [2.05, 4.69) is 12.2 Å². The van der Waals surface area contributed by atoms with Crippen LogP contribution in [0.5, 0.6) is 5.75 Å². The molecule has 0 bridgehead atoms. The van der Waals surface area contributed by atoms with Gasteiger partial charge in [-0.1, -0.05) is 78.7 Å². The molecule has 0 saturated heterocycles. The van der Waals surface area contributed by atoms with Crippen molar-refractivity contribution in [1.82, 2.24) is 0 Å². The summed E-state index contributed by atoms with van der Waals surface area (Å²) in [5, 5.41) is 12.5. The maximum Gasteiger partial charge on any atom is 0.260 e. The van der Waals surface area contributed by atoms with E-state index in [0.717, 1.165) is 12.8 Å². The molecule has 0 saturated carbocycles. The Balaban J connectivity index is 1.93. The van der Waals surface area contributed by atoms with Crippen molar-refractivity contribution in [1.29, 1.82) is 0 Å². The number of Topliss-reactive ketones (excluding diaryl/α,β-unsaturated/α-hetero) is 1. The molecule has 2 aromatic carbocycles. The van der Waals surface area contributed by atoms with Gasteiger partial charge in [-0.05, 0) is 48.9 Å². The lowest BCUT2D eigenvalue weighted by Crippen LogP contribution is -2.41. The van der Waals surface area contributed by atoms with Crippen molar-refractivity contribution in [2.45, 2.75) is 95.0 Å². The lowest BCUT2D eigenvalue weighted by atomic mass is 9.87. The number of anilines is 1. The maximum absolute atomic E-state index is 13.1. The van der Waals surface area contributed by atoms with Gasteiger partial charge < -0.3 is 15.2 Å². The Morgan fingerprint density at radius 1 is 0.892 bits per heavy atom. The summed E-state index contributed by atoms with van der Waals surface area (Å²) in [5.74, 6) is -0.925. The molecule has 1 unspecified atom stereocenters. The van der Waals surface area contributed by atoms with E-state index < -0.39 is 33.0 Å². The van der Waals surface area contributed by atoms with Gasteiger partial charge in [-0.2, -0.15) is 0 Å². The molecule has 2 rings (SSSR count). The average Bonchev–Trinajstić information content (AvgIpc) is 2.86. The van der Waals surface area contributed by atoms with Gasteiger partial charge in [0.05, 0.1) is 16.4 Å². The second-order valence-electron chi connectivity index (χ2n) is 10.3. The zero-order chi connectivity index (χ0) is 27.5. The lowest BCUT2D eigenvalue weighted by Gasteiger charge is -2.20. The number of aliphatic hydroxyl groups excluding tert-OH is 1. The minimum absolute atomic E-state index is 0.0189. The normalized spacial score (nSPS) is 12.7. The van der Waals surface area contributed by atoms with Gasteiger partial charge in [0.15, 0.2) is 11.9 Å². The smallest absolute Gasteiger partial charge is 0.260 e. The molecule has 0 aliphatic carbocycles. The average molecular weight is 532 g/mol. The number of amides is 1. The highest BCUT2D eigenvalue weighted by Crippen LogP contribution is 2.26. The first-order valence-electron chi connectivity index (χ1n) is 13.1. The van der Waals surface area contributed by atoms with E-state index in [1.807, 2.05) is 0 Å². The summed E-state index contributed by atoms with van der Waals surface area (Å²) in [6.07, 6.45) is 7.85. The van der Waals surface area contributed by atoms with Gasteiger partial charge in [0.1, 0.15) is 5.75 Å². The highest BCUT2D eigenvalue weighted by molar-refractivity contribution is 7.91. The third-order valence-electron chi connectivity index (χ3n) is 6.05. The van der Waals surface area contributed by atoms with Gasteiger partial charge in [0, 0.05) is 11.1 Å². The summed E-state index contributed by atoms with van der Waals surface area (Å²) in [6, 6.07) is 12.0. The molecule has 0 heterocycles. The van der Waals surface area contributed by atoms with Crippen molar-refractivity contribution in [3.63, 3.8) is 0 Å². The molecule has 8 heteroatoms. The summed E-state index contributed by atoms with van der Waals surface area (Å²) in [7, 11) is -3.85. The number of hydrogen-bond acceptors (Lipinski definition) is 6. The van der Waals surface area contributed by atoms with Crippen LogP contribution in [0.25, 0.3) is 0 Å². The first-order valence-corrected chi connectivity index (χ1v) is 14.6. The standard InChI is InChI=1S/C29H41NO6S/c1-5-6-7-8-9-10-11-12-20-36-23-16-18-24(19-17-23)37(34,35)25-15-13-14-22(21-25)30-28(33)26(31)27(32)29(2,3)4/h13-19,21,26,31H,5-12,20H2,1-4H3,(H,30,33). The van der Waals surface area contributed by atoms with E-state index in [1.165, 1.54) is 74.9 Å². The molecule has 7 nitrogen and oxygen atoms in total. The third kappa shape index (κ3) is 9.59.